The van der Waals surface area contributed by atoms with E-state index in [0.717, 1.165) is 5.56 Å². The molecule has 0 bridgehead atoms. The van der Waals surface area contributed by atoms with Crippen LogP contribution in [0.5, 0.6) is 0 Å². The highest BCUT2D eigenvalue weighted by Crippen LogP contribution is 2.35. The lowest BCUT2D eigenvalue weighted by Gasteiger charge is -2.13. The molecule has 0 saturated carbocycles. The van der Waals surface area contributed by atoms with Crippen LogP contribution in [0.4, 0.5) is 0 Å². The van der Waals surface area contributed by atoms with Crippen molar-refractivity contribution in [3.8, 4) is 11.3 Å². The third-order valence-electron chi connectivity index (χ3n) is 6.10. The van der Waals surface area contributed by atoms with Gasteiger partial charge in [-0.2, -0.15) is 0 Å². The van der Waals surface area contributed by atoms with E-state index < -0.39 is 18.0 Å². The molecule has 9 nitrogen and oxygen atoms in total. The third-order valence-corrected chi connectivity index (χ3v) is 6.10. The monoisotopic (exact) mass is 504 g/mol. The average molecular weight is 505 g/mol. The van der Waals surface area contributed by atoms with Gasteiger partial charge in [0.15, 0.2) is 5.78 Å². The number of hydrogen-bond acceptors (Lipinski definition) is 8. The maximum absolute atomic E-state index is 13.5. The number of esters is 3. The van der Waals surface area contributed by atoms with Crippen molar-refractivity contribution >= 4 is 23.7 Å². The number of ketones is 1. The molecule has 1 heterocycles. The van der Waals surface area contributed by atoms with Crippen molar-refractivity contribution < 1.29 is 33.4 Å². The van der Waals surface area contributed by atoms with E-state index >= 15 is 0 Å². The number of imidazole rings is 1. The number of benzene rings is 2. The Morgan fingerprint density at radius 2 is 1.57 bits per heavy atom. The number of fused-ring (bicyclic) bond motifs is 1. The van der Waals surface area contributed by atoms with Crippen LogP contribution in [0.2, 0.25) is 0 Å². The number of ether oxygens (including phenoxy) is 3. The summed E-state index contributed by atoms with van der Waals surface area (Å²) in [6.45, 7) is 5.74. The smallest absolute Gasteiger partial charge is 0.374 e. The second-order valence-electron chi connectivity index (χ2n) is 8.35. The van der Waals surface area contributed by atoms with Crippen LogP contribution in [0.3, 0.4) is 0 Å². The Bertz CT molecular complexity index is 1360. The summed E-state index contributed by atoms with van der Waals surface area (Å²) in [6, 6.07) is 11.3. The van der Waals surface area contributed by atoms with Crippen molar-refractivity contribution in [2.45, 2.75) is 39.7 Å². The molecule has 3 aromatic rings. The largest absolute Gasteiger partial charge is 0.466 e. The van der Waals surface area contributed by atoms with Crippen molar-refractivity contribution in [1.82, 2.24) is 9.55 Å². The summed E-state index contributed by atoms with van der Waals surface area (Å²) in [5.41, 5.74) is 3.03. The summed E-state index contributed by atoms with van der Waals surface area (Å²) in [5.74, 6) is -1.82. The predicted octanol–water partition coefficient (Wildman–Crippen LogP) is 3.99. The molecule has 1 aliphatic carbocycles. The zero-order chi connectivity index (χ0) is 26.5. The van der Waals surface area contributed by atoms with E-state index in [-0.39, 0.29) is 50.2 Å². The minimum atomic E-state index is -0.770. The number of hydrogen-bond donors (Lipinski definition) is 0. The molecule has 0 aliphatic heterocycles. The van der Waals surface area contributed by atoms with Crippen LogP contribution in [-0.2, 0) is 31.8 Å². The summed E-state index contributed by atoms with van der Waals surface area (Å²) in [4.78, 5) is 55.6. The van der Waals surface area contributed by atoms with Gasteiger partial charge in [-0.3, -0.25) is 9.59 Å². The fourth-order valence-electron chi connectivity index (χ4n) is 4.53. The first-order chi connectivity index (χ1) is 17.9. The molecule has 9 heteroatoms. The molecule has 0 fully saturated rings. The van der Waals surface area contributed by atoms with Gasteiger partial charge in [-0.15, -0.1) is 0 Å². The van der Waals surface area contributed by atoms with Gasteiger partial charge in [0.1, 0.15) is 6.04 Å². The standard InChI is InChI=1S/C28H28N2O7/c1-4-35-24(31)14-17-10-9-13-19-21(17)15-23(25(19)32)30-16-22(29-26(30)28(34)37-6-3)18-11-7-8-12-20(18)27(33)36-5-2/h7-13,16,23H,4-6,14-15H2,1-3H3. The minimum absolute atomic E-state index is 0.0455. The highest BCUT2D eigenvalue weighted by molar-refractivity contribution is 6.05. The lowest BCUT2D eigenvalue weighted by atomic mass is 10.0. The van der Waals surface area contributed by atoms with E-state index in [1.54, 1.807) is 69.4 Å². The maximum Gasteiger partial charge on any atom is 0.374 e. The average Bonchev–Trinajstić information content (AvgIpc) is 3.47. The van der Waals surface area contributed by atoms with Crippen molar-refractivity contribution in [3.05, 3.63) is 76.7 Å². The molecule has 1 atom stereocenters. The van der Waals surface area contributed by atoms with E-state index in [4.69, 9.17) is 14.2 Å². The zero-order valence-corrected chi connectivity index (χ0v) is 21.0. The number of aromatic nitrogens is 2. The molecule has 0 saturated heterocycles. The maximum atomic E-state index is 13.5. The number of nitrogens with zero attached hydrogens (tertiary/aromatic N) is 2. The van der Waals surface area contributed by atoms with Gasteiger partial charge in [0.2, 0.25) is 5.82 Å². The normalized spacial score (nSPS) is 14.2. The first-order valence-electron chi connectivity index (χ1n) is 12.2. The molecule has 0 amide bonds. The topological polar surface area (TPSA) is 114 Å². The molecule has 192 valence electrons. The van der Waals surface area contributed by atoms with Gasteiger partial charge in [0, 0.05) is 23.7 Å². The first-order valence-corrected chi connectivity index (χ1v) is 12.2. The summed E-state index contributed by atoms with van der Waals surface area (Å²) >= 11 is 0. The van der Waals surface area contributed by atoms with Crippen LogP contribution in [0, 0.1) is 0 Å². The van der Waals surface area contributed by atoms with Crippen LogP contribution in [0.15, 0.2) is 48.7 Å². The van der Waals surface area contributed by atoms with Gasteiger partial charge in [-0.05, 0) is 38.0 Å². The quantitative estimate of drug-likeness (QED) is 0.318. The lowest BCUT2D eigenvalue weighted by molar-refractivity contribution is -0.142. The van der Waals surface area contributed by atoms with E-state index in [1.165, 1.54) is 4.57 Å². The van der Waals surface area contributed by atoms with E-state index in [1.807, 2.05) is 0 Å². The molecule has 37 heavy (non-hydrogen) atoms. The van der Waals surface area contributed by atoms with Crippen LogP contribution >= 0.6 is 0 Å². The molecule has 0 N–H and O–H groups in total. The van der Waals surface area contributed by atoms with Crippen LogP contribution < -0.4 is 0 Å². The molecule has 0 spiro atoms. The van der Waals surface area contributed by atoms with E-state index in [0.29, 0.717) is 27.9 Å². The number of Topliss-reactive ketones (excluding diaryl/α,β-unsaturated/α-hetero) is 1. The van der Waals surface area contributed by atoms with Gasteiger partial charge in [0.25, 0.3) is 0 Å². The van der Waals surface area contributed by atoms with E-state index in [2.05, 4.69) is 4.98 Å². The van der Waals surface area contributed by atoms with Crippen LogP contribution in [0.1, 0.15) is 69.3 Å². The van der Waals surface area contributed by atoms with Crippen molar-refractivity contribution in [2.75, 3.05) is 19.8 Å². The summed E-state index contributed by atoms with van der Waals surface area (Å²) < 4.78 is 17.0. The summed E-state index contributed by atoms with van der Waals surface area (Å²) in [7, 11) is 0. The van der Waals surface area contributed by atoms with Crippen LogP contribution in [0.25, 0.3) is 11.3 Å². The Labute approximate surface area is 214 Å². The fraction of sp³-hybridized carbons (Fsp3) is 0.321. The second kappa shape index (κ2) is 11.2. The van der Waals surface area contributed by atoms with Crippen molar-refractivity contribution in [1.29, 1.82) is 0 Å². The summed E-state index contributed by atoms with van der Waals surface area (Å²) in [5, 5.41) is 0. The van der Waals surface area contributed by atoms with Gasteiger partial charge >= 0.3 is 17.9 Å². The molecular formula is C28H28N2O7. The first kappa shape index (κ1) is 25.8. The fourth-order valence-corrected chi connectivity index (χ4v) is 4.53. The molecule has 1 unspecified atom stereocenters. The van der Waals surface area contributed by atoms with Gasteiger partial charge < -0.3 is 18.8 Å². The summed E-state index contributed by atoms with van der Waals surface area (Å²) in [6.07, 6.45) is 1.90. The highest BCUT2D eigenvalue weighted by atomic mass is 16.5. The lowest BCUT2D eigenvalue weighted by Crippen LogP contribution is -2.21. The van der Waals surface area contributed by atoms with E-state index in [9.17, 15) is 19.2 Å². The molecule has 4 rings (SSSR count). The number of carbonyl (C=O) groups excluding carboxylic acids is 4. The van der Waals surface area contributed by atoms with Crippen molar-refractivity contribution in [3.63, 3.8) is 0 Å². The molecule has 2 aromatic carbocycles. The van der Waals surface area contributed by atoms with Crippen molar-refractivity contribution in [2.24, 2.45) is 0 Å². The van der Waals surface area contributed by atoms with Gasteiger partial charge in [0.05, 0.1) is 37.5 Å². The number of carbonyl (C=O) groups is 4. The third kappa shape index (κ3) is 5.16. The predicted molar refractivity (Wildman–Crippen MR) is 133 cm³/mol. The second-order valence-corrected chi connectivity index (χ2v) is 8.35. The molecule has 0 radical (unpaired) electrons. The Morgan fingerprint density at radius 3 is 2.30 bits per heavy atom. The van der Waals surface area contributed by atoms with Crippen LogP contribution in [-0.4, -0.2) is 53.1 Å². The van der Waals surface area contributed by atoms with Gasteiger partial charge in [-0.1, -0.05) is 36.4 Å². The SMILES string of the molecule is CCOC(=O)Cc1cccc2c1CC(n1cc(-c3ccccc3C(=O)OCC)nc1C(=O)OCC)C2=O. The Hall–Kier alpha value is -4.27. The Morgan fingerprint density at radius 1 is 0.892 bits per heavy atom. The highest BCUT2D eigenvalue weighted by Gasteiger charge is 2.37. The zero-order valence-electron chi connectivity index (χ0n) is 21.0. The van der Waals surface area contributed by atoms with Gasteiger partial charge in [-0.25, -0.2) is 14.6 Å². The Balaban J connectivity index is 1.77. The minimum Gasteiger partial charge on any atom is -0.466 e. The molecular weight excluding hydrogens is 476 g/mol. The molecule has 1 aliphatic rings. The molecule has 1 aromatic heterocycles. The number of rotatable bonds is 9. The Kier molecular flexibility index (Phi) is 7.81.